The van der Waals surface area contributed by atoms with Gasteiger partial charge in [-0.3, -0.25) is 33.8 Å². The molecule has 0 saturated carbocycles. The molecule has 0 aliphatic carbocycles. The SMILES string of the molecule is C[C@H](CCC(=O)NC[C@H](N)C(=O)N[C@@H](CC=O)C(=O)N[C@H](C=O)CS)NC(=O)CC[C@@H](C=O)NC(=O)c1ccc(NCc2cnc3nc(N)[nH]c(=O)c3n2)cc1. The summed E-state index contributed by atoms with van der Waals surface area (Å²) >= 11 is 3.93. The highest BCUT2D eigenvalue weighted by atomic mass is 32.1. The summed E-state index contributed by atoms with van der Waals surface area (Å²) in [5.41, 5.74) is 12.4. The van der Waals surface area contributed by atoms with Crippen LogP contribution in [0, 0.1) is 0 Å². The van der Waals surface area contributed by atoms with Crippen molar-refractivity contribution in [2.75, 3.05) is 23.3 Å². The molecule has 1 aromatic carbocycles. The van der Waals surface area contributed by atoms with Crippen LogP contribution in [-0.2, 0) is 40.1 Å². The van der Waals surface area contributed by atoms with Crippen LogP contribution in [0.1, 0.15) is 55.1 Å². The van der Waals surface area contributed by atoms with Crippen LogP contribution >= 0.6 is 12.6 Å². The van der Waals surface area contributed by atoms with E-state index in [2.05, 4.69) is 64.5 Å². The first-order valence-corrected chi connectivity index (χ1v) is 17.9. The molecule has 22 heteroatoms. The van der Waals surface area contributed by atoms with Crippen molar-refractivity contribution < 1.29 is 38.4 Å². The topological polar surface area (TPSA) is 332 Å². The van der Waals surface area contributed by atoms with Gasteiger partial charge in [0.2, 0.25) is 29.6 Å². The fraction of sp³-hybridized carbons (Fsp3) is 0.412. The number of fused-ring (bicyclic) bond motifs is 1. The second-order valence-electron chi connectivity index (χ2n) is 12.5. The van der Waals surface area contributed by atoms with E-state index in [4.69, 9.17) is 11.5 Å². The zero-order chi connectivity index (χ0) is 41.2. The van der Waals surface area contributed by atoms with Gasteiger partial charge >= 0.3 is 0 Å². The summed E-state index contributed by atoms with van der Waals surface area (Å²) in [6.45, 7) is 1.61. The highest BCUT2D eigenvalue weighted by Crippen LogP contribution is 2.12. The lowest BCUT2D eigenvalue weighted by Crippen LogP contribution is -2.56. The zero-order valence-corrected chi connectivity index (χ0v) is 31.2. The number of benzene rings is 1. The molecule has 0 aliphatic heterocycles. The number of aldehydes is 3. The van der Waals surface area contributed by atoms with Crippen LogP contribution in [0.15, 0.2) is 35.3 Å². The predicted molar refractivity (Wildman–Crippen MR) is 205 cm³/mol. The molecule has 5 amide bonds. The van der Waals surface area contributed by atoms with Crippen LogP contribution in [0.3, 0.4) is 0 Å². The molecule has 0 aliphatic rings. The molecule has 21 nitrogen and oxygen atoms in total. The van der Waals surface area contributed by atoms with Crippen molar-refractivity contribution in [3.63, 3.8) is 0 Å². The number of carbonyl (C=O) groups excluding carboxylic acids is 8. The van der Waals surface area contributed by atoms with E-state index in [1.54, 1.807) is 31.2 Å². The van der Waals surface area contributed by atoms with Crippen LogP contribution in [0.2, 0.25) is 0 Å². The van der Waals surface area contributed by atoms with E-state index in [1.807, 2.05) is 0 Å². The third-order valence-corrected chi connectivity index (χ3v) is 8.38. The van der Waals surface area contributed by atoms with Gasteiger partial charge in [-0.2, -0.15) is 17.6 Å². The van der Waals surface area contributed by atoms with Gasteiger partial charge in [-0.25, -0.2) is 9.97 Å². The predicted octanol–water partition coefficient (Wildman–Crippen LogP) is -2.60. The number of carbonyl (C=O) groups is 8. The summed E-state index contributed by atoms with van der Waals surface area (Å²) in [6, 6.07) is 1.52. The number of hydrogen-bond acceptors (Lipinski definition) is 16. The monoisotopic (exact) mass is 796 g/mol. The molecular formula is C34H44N12O9S. The van der Waals surface area contributed by atoms with Crippen LogP contribution in [0.4, 0.5) is 11.6 Å². The second-order valence-corrected chi connectivity index (χ2v) is 12.9. The maximum atomic E-state index is 12.8. The minimum atomic E-state index is -1.28. The first-order valence-electron chi connectivity index (χ1n) is 17.3. The highest BCUT2D eigenvalue weighted by molar-refractivity contribution is 7.80. The van der Waals surface area contributed by atoms with E-state index in [0.717, 1.165) is 0 Å². The second kappa shape index (κ2) is 22.2. The van der Waals surface area contributed by atoms with E-state index in [-0.39, 0.29) is 73.6 Å². The van der Waals surface area contributed by atoms with Crippen LogP contribution < -0.4 is 48.9 Å². The smallest absolute Gasteiger partial charge is 0.280 e. The van der Waals surface area contributed by atoms with Crippen LogP contribution in [0.5, 0.6) is 0 Å². The number of rotatable bonds is 23. The van der Waals surface area contributed by atoms with Gasteiger partial charge in [-0.05, 0) is 44.0 Å². The van der Waals surface area contributed by atoms with E-state index < -0.39 is 65.3 Å². The molecule has 0 fully saturated rings. The Hall–Kier alpha value is -6.29. The average molecular weight is 797 g/mol. The Balaban J connectivity index is 1.35. The van der Waals surface area contributed by atoms with E-state index in [1.165, 1.54) is 6.20 Å². The number of nitrogen functional groups attached to an aromatic ring is 1. The number of hydrogen-bond donors (Lipinski definition) is 10. The Labute approximate surface area is 325 Å². The Morgan fingerprint density at radius 2 is 1.59 bits per heavy atom. The molecule has 0 bridgehead atoms. The summed E-state index contributed by atoms with van der Waals surface area (Å²) in [7, 11) is 0. The van der Waals surface area contributed by atoms with E-state index in [0.29, 0.717) is 30.2 Å². The number of nitrogens with one attached hydrogen (secondary N) is 7. The number of nitrogens with zero attached hydrogens (tertiary/aromatic N) is 3. The number of aromatic nitrogens is 4. The minimum Gasteiger partial charge on any atom is -0.379 e. The van der Waals surface area contributed by atoms with Gasteiger partial charge in [0.05, 0.1) is 30.5 Å². The van der Waals surface area contributed by atoms with Crippen molar-refractivity contribution in [1.29, 1.82) is 0 Å². The maximum Gasteiger partial charge on any atom is 0.280 e. The van der Waals surface area contributed by atoms with Gasteiger partial charge in [0.25, 0.3) is 11.5 Å². The molecule has 0 spiro atoms. The van der Waals surface area contributed by atoms with E-state index >= 15 is 0 Å². The van der Waals surface area contributed by atoms with Gasteiger partial charge in [-0.1, -0.05) is 0 Å². The quantitative estimate of drug-likeness (QED) is 0.0348. The van der Waals surface area contributed by atoms with Crippen molar-refractivity contribution in [2.24, 2.45) is 5.73 Å². The van der Waals surface area contributed by atoms with Crippen molar-refractivity contribution in [2.45, 2.75) is 75.8 Å². The Morgan fingerprint density at radius 1 is 0.893 bits per heavy atom. The Kier molecular flexibility index (Phi) is 17.5. The van der Waals surface area contributed by atoms with Gasteiger partial charge in [0.1, 0.15) is 30.9 Å². The lowest BCUT2D eigenvalue weighted by Gasteiger charge is -2.21. The summed E-state index contributed by atoms with van der Waals surface area (Å²) in [6.07, 6.45) is 2.62. The molecular weight excluding hydrogens is 753 g/mol. The molecule has 2 heterocycles. The summed E-state index contributed by atoms with van der Waals surface area (Å²) in [4.78, 5) is 123. The molecule has 300 valence electrons. The van der Waals surface area contributed by atoms with E-state index in [9.17, 15) is 43.2 Å². The standard InChI is InChI=1S/C34H44N12O9S/c1-18(2-8-26(50)38-14-24(35)31(53)44-25(10-11-47)32(54)43-23(16-49)17-56)40-27(51)9-7-21(15-48)42-30(52)19-3-5-20(6-4-19)37-12-22-13-39-29-28(41-22)33(55)46-34(36)45-29/h3-6,11,13,15-16,18,21,23-25,37,56H,2,7-10,12,14,17,35H2,1H3,(H,38,50)(H,40,51)(H,42,52)(H,43,54)(H,44,53)(H3,36,39,45,46,55)/t18-,21+,23-,24+,25+/m1/s1. The van der Waals surface area contributed by atoms with Crippen molar-refractivity contribution in [1.82, 2.24) is 46.5 Å². The molecule has 3 aromatic rings. The molecule has 56 heavy (non-hydrogen) atoms. The zero-order valence-electron chi connectivity index (χ0n) is 30.3. The van der Waals surface area contributed by atoms with Crippen molar-refractivity contribution in [3.8, 4) is 0 Å². The molecule has 0 radical (unpaired) electrons. The molecule has 2 aromatic heterocycles. The molecule has 3 rings (SSSR count). The fourth-order valence-electron chi connectivity index (χ4n) is 4.88. The highest BCUT2D eigenvalue weighted by Gasteiger charge is 2.25. The number of aromatic amines is 1. The van der Waals surface area contributed by atoms with Crippen molar-refractivity contribution in [3.05, 3.63) is 52.1 Å². The Morgan fingerprint density at radius 3 is 2.25 bits per heavy atom. The lowest BCUT2D eigenvalue weighted by molar-refractivity contribution is -0.131. The summed E-state index contributed by atoms with van der Waals surface area (Å²) in [5, 5.41) is 15.6. The lowest BCUT2D eigenvalue weighted by atomic mass is 10.1. The molecule has 11 N–H and O–H groups in total. The van der Waals surface area contributed by atoms with Gasteiger partial charge in [0.15, 0.2) is 11.2 Å². The first kappa shape index (κ1) is 44.1. The maximum absolute atomic E-state index is 12.8. The average Bonchev–Trinajstić information content (AvgIpc) is 3.18. The summed E-state index contributed by atoms with van der Waals surface area (Å²) < 4.78 is 0. The first-order chi connectivity index (χ1) is 26.8. The third-order valence-electron chi connectivity index (χ3n) is 7.99. The van der Waals surface area contributed by atoms with Crippen molar-refractivity contribution >= 4 is 83.8 Å². The number of thiol groups is 1. The number of nitrogens with two attached hydrogens (primary N) is 2. The molecule has 0 saturated heterocycles. The number of H-pyrrole nitrogens is 1. The van der Waals surface area contributed by atoms with Crippen LogP contribution in [-0.4, -0.2) is 111 Å². The molecule has 5 atom stereocenters. The minimum absolute atomic E-state index is 0.0122. The largest absolute Gasteiger partial charge is 0.379 e. The molecule has 0 unspecified atom stereocenters. The normalized spacial score (nSPS) is 13.5. The van der Waals surface area contributed by atoms with Gasteiger partial charge in [-0.15, -0.1) is 0 Å². The Bertz CT molecular complexity index is 1950. The van der Waals surface area contributed by atoms with Gasteiger partial charge in [0, 0.05) is 48.9 Å². The fourth-order valence-corrected chi connectivity index (χ4v) is 5.06. The summed E-state index contributed by atoms with van der Waals surface area (Å²) in [5.74, 6) is -3.04. The number of anilines is 2. The number of amides is 5. The van der Waals surface area contributed by atoms with Crippen LogP contribution in [0.25, 0.3) is 11.2 Å². The third kappa shape index (κ3) is 14.2. The van der Waals surface area contributed by atoms with Gasteiger partial charge < -0.3 is 57.8 Å².